The molecule has 6 heteroatoms. The maximum absolute atomic E-state index is 12.9. The number of allylic oxidation sites excluding steroid dienone is 24. The zero-order valence-electron chi connectivity index (χ0n) is 49.7. The summed E-state index contributed by atoms with van der Waals surface area (Å²) in [5.74, 6) is -0.952. The van der Waals surface area contributed by atoms with Crippen LogP contribution in [0.25, 0.3) is 0 Å². The van der Waals surface area contributed by atoms with E-state index >= 15 is 0 Å². The van der Waals surface area contributed by atoms with Crippen LogP contribution in [0.3, 0.4) is 0 Å². The number of carbonyl (C=O) groups is 3. The Morgan fingerprint density at radius 2 is 0.506 bits per heavy atom. The van der Waals surface area contributed by atoms with Crippen LogP contribution in [0, 0.1) is 0 Å². The van der Waals surface area contributed by atoms with Gasteiger partial charge in [0.2, 0.25) is 0 Å². The van der Waals surface area contributed by atoms with Gasteiger partial charge in [0.05, 0.1) is 0 Å². The highest BCUT2D eigenvalue weighted by Crippen LogP contribution is 2.14. The molecule has 0 aliphatic heterocycles. The van der Waals surface area contributed by atoms with E-state index in [4.69, 9.17) is 14.2 Å². The molecule has 434 valence electrons. The Morgan fingerprint density at radius 3 is 0.805 bits per heavy atom. The molecule has 0 aromatic rings. The summed E-state index contributed by atoms with van der Waals surface area (Å²) < 4.78 is 16.9. The van der Waals surface area contributed by atoms with Crippen LogP contribution in [0.5, 0.6) is 0 Å². The first-order chi connectivity index (χ1) is 38.0. The Kier molecular flexibility index (Phi) is 59.9. The van der Waals surface area contributed by atoms with Crippen molar-refractivity contribution in [1.29, 1.82) is 0 Å². The molecule has 0 amide bonds. The van der Waals surface area contributed by atoms with E-state index in [-0.39, 0.29) is 31.1 Å². The molecule has 0 heterocycles. The fourth-order valence-corrected chi connectivity index (χ4v) is 8.17. The average molecular weight is 1060 g/mol. The Balaban J connectivity index is 4.38. The third-order valence-electron chi connectivity index (χ3n) is 12.8. The number of ether oxygens (including phenoxy) is 3. The summed E-state index contributed by atoms with van der Waals surface area (Å²) in [5, 5.41) is 0. The zero-order chi connectivity index (χ0) is 55.7. The van der Waals surface area contributed by atoms with Crippen molar-refractivity contribution in [3.63, 3.8) is 0 Å². The van der Waals surface area contributed by atoms with E-state index < -0.39 is 6.10 Å². The zero-order valence-corrected chi connectivity index (χ0v) is 49.7. The van der Waals surface area contributed by atoms with Gasteiger partial charge in [0, 0.05) is 19.3 Å². The molecule has 77 heavy (non-hydrogen) atoms. The van der Waals surface area contributed by atoms with Gasteiger partial charge < -0.3 is 14.2 Å². The number of carbonyl (C=O) groups excluding carboxylic acids is 3. The molecule has 0 spiro atoms. The SMILES string of the molecule is CC/C=C\C/C=C\C/C=C\C/C=C\C/C=C\C/C=C\C/C=C\CCCCCCCCCC(=O)OCC(COC(=O)CCCCC/C=C\C/C=C\C/C=C\CC)OC(=O)CCCCCCCCC/C=C\C/C=C\CCCCC. The van der Waals surface area contributed by atoms with E-state index in [0.29, 0.717) is 19.3 Å². The summed E-state index contributed by atoms with van der Waals surface area (Å²) in [4.78, 5) is 38.2. The Hall–Kier alpha value is -4.71. The van der Waals surface area contributed by atoms with Crippen LogP contribution in [0.15, 0.2) is 146 Å². The summed E-state index contributed by atoms with van der Waals surface area (Å²) in [6, 6.07) is 0. The smallest absolute Gasteiger partial charge is 0.306 e. The van der Waals surface area contributed by atoms with Gasteiger partial charge in [-0.15, -0.1) is 0 Å². The number of hydrogen-bond acceptors (Lipinski definition) is 6. The number of rotatable bonds is 55. The van der Waals surface area contributed by atoms with Crippen molar-refractivity contribution in [2.45, 2.75) is 271 Å². The second-order valence-electron chi connectivity index (χ2n) is 20.2. The van der Waals surface area contributed by atoms with Gasteiger partial charge in [-0.3, -0.25) is 14.4 Å². The van der Waals surface area contributed by atoms with Gasteiger partial charge in [-0.1, -0.05) is 250 Å². The second kappa shape index (κ2) is 63.8. The van der Waals surface area contributed by atoms with Crippen LogP contribution in [-0.2, 0) is 28.6 Å². The van der Waals surface area contributed by atoms with Crippen LogP contribution in [0.1, 0.15) is 265 Å². The fourth-order valence-electron chi connectivity index (χ4n) is 8.17. The first kappa shape index (κ1) is 72.3. The van der Waals surface area contributed by atoms with Gasteiger partial charge >= 0.3 is 17.9 Å². The van der Waals surface area contributed by atoms with Gasteiger partial charge in [-0.2, -0.15) is 0 Å². The predicted octanol–water partition coefficient (Wildman–Crippen LogP) is 21.5. The van der Waals surface area contributed by atoms with Crippen LogP contribution in [0.4, 0.5) is 0 Å². The Labute approximate surface area is 474 Å². The number of hydrogen-bond donors (Lipinski definition) is 0. The maximum Gasteiger partial charge on any atom is 0.306 e. The van der Waals surface area contributed by atoms with Crippen molar-refractivity contribution in [1.82, 2.24) is 0 Å². The first-order valence-electron chi connectivity index (χ1n) is 31.3. The summed E-state index contributed by atoms with van der Waals surface area (Å²) in [7, 11) is 0. The van der Waals surface area contributed by atoms with Gasteiger partial charge in [-0.25, -0.2) is 0 Å². The molecule has 0 aromatic heterocycles. The third kappa shape index (κ3) is 62.0. The van der Waals surface area contributed by atoms with Crippen LogP contribution in [-0.4, -0.2) is 37.2 Å². The second-order valence-corrected chi connectivity index (χ2v) is 20.2. The first-order valence-corrected chi connectivity index (χ1v) is 31.3. The molecule has 0 bridgehead atoms. The lowest BCUT2D eigenvalue weighted by Gasteiger charge is -2.18. The quantitative estimate of drug-likeness (QED) is 0.0261. The van der Waals surface area contributed by atoms with Crippen molar-refractivity contribution < 1.29 is 28.6 Å². The van der Waals surface area contributed by atoms with Gasteiger partial charge in [0.25, 0.3) is 0 Å². The summed E-state index contributed by atoms with van der Waals surface area (Å²) in [5.41, 5.74) is 0. The molecule has 1 unspecified atom stereocenters. The van der Waals surface area contributed by atoms with Crippen LogP contribution >= 0.6 is 0 Å². The van der Waals surface area contributed by atoms with Gasteiger partial charge in [0.15, 0.2) is 6.10 Å². The lowest BCUT2D eigenvalue weighted by molar-refractivity contribution is -0.167. The van der Waals surface area contributed by atoms with Crippen molar-refractivity contribution >= 4 is 17.9 Å². The number of esters is 3. The molecule has 0 radical (unpaired) electrons. The largest absolute Gasteiger partial charge is 0.462 e. The third-order valence-corrected chi connectivity index (χ3v) is 12.8. The molecule has 0 rings (SSSR count). The molecule has 0 saturated heterocycles. The highest BCUT2D eigenvalue weighted by atomic mass is 16.6. The van der Waals surface area contributed by atoms with Gasteiger partial charge in [0.1, 0.15) is 13.2 Å². The minimum absolute atomic E-state index is 0.102. The molecular formula is C71H114O6. The van der Waals surface area contributed by atoms with Crippen LogP contribution in [0.2, 0.25) is 0 Å². The average Bonchev–Trinajstić information content (AvgIpc) is 3.43. The van der Waals surface area contributed by atoms with E-state index in [1.54, 1.807) is 0 Å². The molecule has 1 atom stereocenters. The normalized spacial score (nSPS) is 13.1. The van der Waals surface area contributed by atoms with E-state index in [1.807, 2.05) is 0 Å². The lowest BCUT2D eigenvalue weighted by Crippen LogP contribution is -2.30. The topological polar surface area (TPSA) is 78.9 Å². The van der Waals surface area contributed by atoms with E-state index in [1.165, 1.54) is 77.0 Å². The van der Waals surface area contributed by atoms with Crippen LogP contribution < -0.4 is 0 Å². The molecule has 6 nitrogen and oxygen atoms in total. The molecule has 0 aliphatic rings. The van der Waals surface area contributed by atoms with E-state index in [2.05, 4.69) is 167 Å². The highest BCUT2D eigenvalue weighted by molar-refractivity contribution is 5.71. The van der Waals surface area contributed by atoms with Crippen molar-refractivity contribution in [2.75, 3.05) is 13.2 Å². The minimum atomic E-state index is -0.806. The monoisotopic (exact) mass is 1060 g/mol. The molecule has 0 aliphatic carbocycles. The molecule has 0 N–H and O–H groups in total. The summed E-state index contributed by atoms with van der Waals surface area (Å²) in [6.07, 6.45) is 91.3. The summed E-state index contributed by atoms with van der Waals surface area (Å²) >= 11 is 0. The fraction of sp³-hybridized carbons (Fsp3) is 0.620. The maximum atomic E-state index is 12.9. The van der Waals surface area contributed by atoms with Gasteiger partial charge in [-0.05, 0) is 141 Å². The van der Waals surface area contributed by atoms with Crippen molar-refractivity contribution in [3.05, 3.63) is 146 Å². The number of unbranched alkanes of at least 4 members (excludes halogenated alkanes) is 20. The molecule has 0 fully saturated rings. The molecular weight excluding hydrogens is 949 g/mol. The highest BCUT2D eigenvalue weighted by Gasteiger charge is 2.19. The lowest BCUT2D eigenvalue weighted by atomic mass is 10.1. The van der Waals surface area contributed by atoms with E-state index in [0.717, 1.165) is 148 Å². The summed E-state index contributed by atoms with van der Waals surface area (Å²) in [6.45, 7) is 6.34. The standard InChI is InChI=1S/C71H114O6/c1-4-7-10-13-16-19-22-25-27-29-30-31-32-33-34-35-36-37-38-39-40-42-43-46-49-52-55-58-61-64-70(73)76-67-68(66-75-69(72)63-60-57-54-51-48-45-24-21-18-15-12-9-6-3)77-71(74)65-62-59-56-53-50-47-44-41-28-26-23-20-17-14-11-8-5-2/h7,9-10,12,16-21,25-28,30-31,33-34,36-37,39-40,45,48,68H,4-6,8,11,13-15,22-24,29,32,35,38,41-44,46-47,49-67H2,1-3H3/b10-7-,12-9-,19-16-,20-17-,21-18-,27-25-,28-26-,31-30-,34-33-,37-36-,40-39-,48-45-. The van der Waals surface area contributed by atoms with Crippen molar-refractivity contribution in [2.24, 2.45) is 0 Å². The minimum Gasteiger partial charge on any atom is -0.462 e. The molecule has 0 aromatic carbocycles. The van der Waals surface area contributed by atoms with E-state index in [9.17, 15) is 14.4 Å². The Bertz CT molecular complexity index is 1700. The molecule has 0 saturated carbocycles. The predicted molar refractivity (Wildman–Crippen MR) is 334 cm³/mol. The van der Waals surface area contributed by atoms with Crippen molar-refractivity contribution in [3.8, 4) is 0 Å². The Morgan fingerprint density at radius 1 is 0.273 bits per heavy atom.